The molecule has 3 aliphatic heterocycles. The van der Waals surface area contributed by atoms with Crippen molar-refractivity contribution in [3.63, 3.8) is 0 Å². The van der Waals surface area contributed by atoms with Gasteiger partial charge in [-0.05, 0) is 66.4 Å². The van der Waals surface area contributed by atoms with Crippen LogP contribution in [0.1, 0.15) is 47.2 Å². The predicted molar refractivity (Wildman–Crippen MR) is 171 cm³/mol. The number of methoxy groups -OCH3 is 1. The van der Waals surface area contributed by atoms with Crippen LogP contribution in [0.4, 0.5) is 0 Å². The minimum atomic E-state index is -0.753. The Morgan fingerprint density at radius 3 is 2.47 bits per heavy atom. The average Bonchev–Trinajstić information content (AvgIpc) is 3.41. The van der Waals surface area contributed by atoms with Gasteiger partial charge in [-0.25, -0.2) is 0 Å². The Hall–Kier alpha value is -3.50. The molecular weight excluding hydrogens is 596 g/mol. The fraction of sp³-hybridized carbons (Fsp3) is 0.457. The van der Waals surface area contributed by atoms with Gasteiger partial charge in [-0.15, -0.1) is 0 Å². The highest BCUT2D eigenvalue weighted by molar-refractivity contribution is 6.30. The maximum atomic E-state index is 13.5. The molecule has 45 heavy (non-hydrogen) atoms. The van der Waals surface area contributed by atoms with Crippen molar-refractivity contribution in [1.29, 1.82) is 0 Å². The van der Waals surface area contributed by atoms with Gasteiger partial charge in [-0.1, -0.05) is 23.7 Å². The molecule has 6 rings (SSSR count). The predicted octanol–water partition coefficient (Wildman–Crippen LogP) is 4.73. The van der Waals surface area contributed by atoms with E-state index in [9.17, 15) is 15.0 Å². The summed E-state index contributed by atoms with van der Waals surface area (Å²) in [5.74, 6) is 2.45. The van der Waals surface area contributed by atoms with E-state index in [0.717, 1.165) is 60.0 Å². The van der Waals surface area contributed by atoms with Gasteiger partial charge in [0.1, 0.15) is 47.9 Å². The van der Waals surface area contributed by atoms with Crippen molar-refractivity contribution in [3.05, 3.63) is 82.4 Å². The van der Waals surface area contributed by atoms with Crippen molar-refractivity contribution < 1.29 is 34.0 Å². The van der Waals surface area contributed by atoms with Gasteiger partial charge >= 0.3 is 0 Å². The van der Waals surface area contributed by atoms with Gasteiger partial charge in [0.2, 0.25) is 0 Å². The maximum Gasteiger partial charge on any atom is 0.257 e. The number of carbonyl (C=O) groups excluding carboxylic acids is 1. The molecule has 3 aromatic carbocycles. The first kappa shape index (κ1) is 31.5. The van der Waals surface area contributed by atoms with Crippen molar-refractivity contribution in [2.24, 2.45) is 0 Å². The minimum Gasteiger partial charge on any atom is -0.497 e. The number of piperidine rings is 2. The Labute approximate surface area is 269 Å². The molecule has 2 saturated heterocycles. The first-order valence-corrected chi connectivity index (χ1v) is 16.0. The number of β-amino-alcohol motifs (C(OH)–C–C–N with tert-alkyl or cyclic N) is 1. The van der Waals surface area contributed by atoms with Crippen LogP contribution in [0.5, 0.6) is 23.0 Å². The number of amides is 1. The molecule has 240 valence electrons. The summed E-state index contributed by atoms with van der Waals surface area (Å²) in [6, 6.07) is 18.6. The first-order chi connectivity index (χ1) is 21.8. The molecule has 0 unspecified atom stereocenters. The molecular formula is C35H41ClN2O7. The van der Waals surface area contributed by atoms with E-state index in [1.165, 1.54) is 0 Å². The lowest BCUT2D eigenvalue weighted by Gasteiger charge is -2.39. The highest BCUT2D eigenvalue weighted by Crippen LogP contribution is 2.42. The molecule has 2 N–H and O–H groups in total. The van der Waals surface area contributed by atoms with Gasteiger partial charge in [-0.3, -0.25) is 4.79 Å². The van der Waals surface area contributed by atoms with E-state index in [-0.39, 0.29) is 24.2 Å². The topological polar surface area (TPSA) is 101 Å². The highest BCUT2D eigenvalue weighted by atomic mass is 35.5. The van der Waals surface area contributed by atoms with Gasteiger partial charge in [0, 0.05) is 63.1 Å². The number of halogens is 1. The van der Waals surface area contributed by atoms with Gasteiger partial charge in [-0.2, -0.15) is 0 Å². The Balaban J connectivity index is 1.07. The standard InChI is InChI=1S/C35H41ClN2O7/c1-42-29-5-2-24(3-6-29)22-43-30-7-8-31(34(41)38-14-10-27(39)11-15-38)33(19-30)44-23-28(40)21-37-16-12-35(13-17-37)20-25-18-26(36)4-9-32(25)45-35/h2-9,18-19,27-28,39-40H,10-17,20-23H2,1H3/t28-/m1/s1. The fourth-order valence-electron chi connectivity index (χ4n) is 6.38. The molecule has 9 nitrogen and oxygen atoms in total. The second-order valence-electron chi connectivity index (χ2n) is 12.3. The molecule has 1 spiro atoms. The summed E-state index contributed by atoms with van der Waals surface area (Å²) in [6.07, 6.45) is 2.54. The van der Waals surface area contributed by atoms with Crippen molar-refractivity contribution in [1.82, 2.24) is 9.80 Å². The molecule has 0 aromatic heterocycles. The Morgan fingerprint density at radius 1 is 1.00 bits per heavy atom. The third-order valence-electron chi connectivity index (χ3n) is 9.03. The number of rotatable bonds is 10. The number of hydrogen-bond donors (Lipinski definition) is 2. The van der Waals surface area contributed by atoms with Crippen LogP contribution >= 0.6 is 11.6 Å². The second kappa shape index (κ2) is 13.9. The maximum absolute atomic E-state index is 13.5. The largest absolute Gasteiger partial charge is 0.497 e. The van der Waals surface area contributed by atoms with E-state index in [0.29, 0.717) is 56.1 Å². The van der Waals surface area contributed by atoms with Crippen molar-refractivity contribution in [3.8, 4) is 23.0 Å². The van der Waals surface area contributed by atoms with E-state index >= 15 is 0 Å². The summed E-state index contributed by atoms with van der Waals surface area (Å²) in [6.45, 7) is 3.39. The minimum absolute atomic E-state index is 0.0308. The van der Waals surface area contributed by atoms with Gasteiger partial charge in [0.25, 0.3) is 5.91 Å². The first-order valence-electron chi connectivity index (χ1n) is 15.7. The fourth-order valence-corrected chi connectivity index (χ4v) is 6.57. The van der Waals surface area contributed by atoms with Crippen LogP contribution in [0, 0.1) is 0 Å². The quantitative estimate of drug-likeness (QED) is 0.329. The number of likely N-dealkylation sites (tertiary alicyclic amines) is 2. The van der Waals surface area contributed by atoms with Crippen LogP contribution in [0.15, 0.2) is 60.7 Å². The molecule has 0 aliphatic carbocycles. The molecule has 3 aromatic rings. The SMILES string of the molecule is COc1ccc(COc2ccc(C(=O)N3CCC(O)CC3)c(OC[C@H](O)CN3CCC4(CC3)Cc3cc(Cl)ccc3O4)c2)cc1. The Bertz CT molecular complexity index is 1470. The third-order valence-corrected chi connectivity index (χ3v) is 9.26. The molecule has 0 saturated carbocycles. The van der Waals surface area contributed by atoms with E-state index in [1.807, 2.05) is 42.5 Å². The van der Waals surface area contributed by atoms with Crippen molar-refractivity contribution in [2.75, 3.05) is 46.4 Å². The Kier molecular flexibility index (Phi) is 9.70. The van der Waals surface area contributed by atoms with Crippen LogP contribution < -0.4 is 18.9 Å². The van der Waals surface area contributed by atoms with Crippen LogP contribution in [-0.2, 0) is 13.0 Å². The molecule has 1 atom stereocenters. The lowest BCUT2D eigenvalue weighted by Crippen LogP contribution is -2.49. The number of aliphatic hydroxyl groups excluding tert-OH is 2. The number of carbonyl (C=O) groups is 1. The average molecular weight is 637 g/mol. The summed E-state index contributed by atoms with van der Waals surface area (Å²) in [7, 11) is 1.63. The van der Waals surface area contributed by atoms with Gasteiger partial charge < -0.3 is 39.0 Å². The zero-order chi connectivity index (χ0) is 31.4. The highest BCUT2D eigenvalue weighted by Gasteiger charge is 2.42. The zero-order valence-electron chi connectivity index (χ0n) is 25.6. The molecule has 1 amide bonds. The van der Waals surface area contributed by atoms with E-state index in [4.69, 9.17) is 30.5 Å². The number of ether oxygens (including phenoxy) is 4. The summed E-state index contributed by atoms with van der Waals surface area (Å²) in [5, 5.41) is 21.6. The van der Waals surface area contributed by atoms with Crippen molar-refractivity contribution in [2.45, 2.75) is 56.5 Å². The van der Waals surface area contributed by atoms with Crippen LogP contribution in [-0.4, -0.2) is 90.2 Å². The summed E-state index contributed by atoms with van der Waals surface area (Å²) >= 11 is 6.19. The monoisotopic (exact) mass is 636 g/mol. The van der Waals surface area contributed by atoms with E-state index in [1.54, 1.807) is 30.2 Å². The summed E-state index contributed by atoms with van der Waals surface area (Å²) in [4.78, 5) is 17.5. The number of fused-ring (bicyclic) bond motifs is 1. The van der Waals surface area contributed by atoms with Crippen LogP contribution in [0.2, 0.25) is 5.02 Å². The molecule has 3 heterocycles. The molecule has 3 aliphatic rings. The van der Waals surface area contributed by atoms with E-state index in [2.05, 4.69) is 4.90 Å². The van der Waals surface area contributed by atoms with Crippen molar-refractivity contribution >= 4 is 17.5 Å². The smallest absolute Gasteiger partial charge is 0.257 e. The lowest BCUT2D eigenvalue weighted by molar-refractivity contribution is -0.00204. The van der Waals surface area contributed by atoms with Crippen LogP contribution in [0.25, 0.3) is 0 Å². The number of benzene rings is 3. The summed E-state index contributed by atoms with van der Waals surface area (Å²) < 4.78 is 23.8. The second-order valence-corrected chi connectivity index (χ2v) is 12.7. The number of nitrogens with zero attached hydrogens (tertiary/aromatic N) is 2. The third kappa shape index (κ3) is 7.66. The normalized spacial score (nSPS) is 18.7. The van der Waals surface area contributed by atoms with Gasteiger partial charge in [0.05, 0.1) is 18.8 Å². The molecule has 10 heteroatoms. The van der Waals surface area contributed by atoms with Gasteiger partial charge in [0.15, 0.2) is 0 Å². The van der Waals surface area contributed by atoms with Crippen LogP contribution in [0.3, 0.4) is 0 Å². The molecule has 0 bridgehead atoms. The number of aliphatic hydroxyl groups is 2. The molecule has 0 radical (unpaired) electrons. The molecule has 2 fully saturated rings. The van der Waals surface area contributed by atoms with E-state index < -0.39 is 6.10 Å². The summed E-state index contributed by atoms with van der Waals surface area (Å²) in [5.41, 5.74) is 2.33. The number of hydrogen-bond acceptors (Lipinski definition) is 8. The zero-order valence-corrected chi connectivity index (χ0v) is 26.4. The Morgan fingerprint density at radius 2 is 1.73 bits per heavy atom. The lowest BCUT2D eigenvalue weighted by atomic mass is 9.87.